The van der Waals surface area contributed by atoms with Gasteiger partial charge in [-0.05, 0) is 91.6 Å². The number of sulfonamides is 1. The number of nitrogens with zero attached hydrogens (tertiary/aromatic N) is 1. The van der Waals surface area contributed by atoms with Crippen LogP contribution in [-0.2, 0) is 27.7 Å². The Hall–Kier alpha value is -3.70. The number of benzene rings is 3. The molecule has 0 radical (unpaired) electrons. The molecule has 0 bridgehead atoms. The summed E-state index contributed by atoms with van der Waals surface area (Å²) in [4.78, 5) is 11.0. The van der Waals surface area contributed by atoms with Crippen LogP contribution in [0.4, 0.5) is 0 Å². The highest BCUT2D eigenvalue weighted by Crippen LogP contribution is 2.34. The molecular formula is C34H42N2O7S. The van der Waals surface area contributed by atoms with Crippen LogP contribution in [0.1, 0.15) is 37.0 Å². The number of aliphatic carboxylic acids is 1. The highest BCUT2D eigenvalue weighted by Gasteiger charge is 2.30. The predicted molar refractivity (Wildman–Crippen MR) is 172 cm³/mol. The number of carbonyl (C=O) groups is 1. The van der Waals surface area contributed by atoms with E-state index in [2.05, 4.69) is 43.4 Å². The Balaban J connectivity index is 1.45. The highest BCUT2D eigenvalue weighted by atomic mass is 32.2. The van der Waals surface area contributed by atoms with Gasteiger partial charge in [0.1, 0.15) is 16.4 Å². The van der Waals surface area contributed by atoms with E-state index < -0.39 is 22.1 Å². The number of ether oxygens (including phenoxy) is 2. The molecule has 0 aromatic heterocycles. The summed E-state index contributed by atoms with van der Waals surface area (Å²) in [6.07, 6.45) is 4.52. The number of aliphatic hydroxyl groups is 1. The zero-order chi connectivity index (χ0) is 32.1. The minimum Gasteiger partial charge on any atom is -0.496 e. The zero-order valence-corrected chi connectivity index (χ0v) is 26.7. The maximum Gasteiger partial charge on any atom is 0.328 e. The number of rotatable bonds is 14. The second-order valence-corrected chi connectivity index (χ2v) is 14.0. The summed E-state index contributed by atoms with van der Waals surface area (Å²) in [7, 11) is 0.277. The lowest BCUT2D eigenvalue weighted by atomic mass is 9.88. The number of hydrogen-bond donors (Lipinski definition) is 3. The molecule has 4 rings (SSSR count). The molecule has 9 nitrogen and oxygen atoms in total. The van der Waals surface area contributed by atoms with E-state index >= 15 is 0 Å². The lowest BCUT2D eigenvalue weighted by Crippen LogP contribution is -2.47. The molecule has 1 aliphatic rings. The summed E-state index contributed by atoms with van der Waals surface area (Å²) in [6, 6.07) is 18.5. The van der Waals surface area contributed by atoms with Gasteiger partial charge >= 0.3 is 5.97 Å². The lowest BCUT2D eigenvalue weighted by molar-refractivity contribution is -0.131. The molecule has 1 unspecified atom stereocenters. The number of carboxylic acids is 1. The molecule has 0 spiro atoms. The minimum atomic E-state index is -4.05. The Bertz CT molecular complexity index is 1590. The van der Waals surface area contributed by atoms with Gasteiger partial charge in [-0.3, -0.25) is 0 Å². The summed E-state index contributed by atoms with van der Waals surface area (Å²) in [5.41, 5.74) is 4.35. The van der Waals surface area contributed by atoms with E-state index in [0.29, 0.717) is 28.4 Å². The van der Waals surface area contributed by atoms with Crippen molar-refractivity contribution in [2.75, 3.05) is 34.4 Å². The van der Waals surface area contributed by atoms with Crippen LogP contribution in [0.15, 0.2) is 71.6 Å². The molecule has 0 amide bonds. The molecule has 0 saturated carbocycles. The van der Waals surface area contributed by atoms with E-state index in [1.54, 1.807) is 30.3 Å². The number of carboxylic acid groups (broad SMARTS) is 1. The van der Waals surface area contributed by atoms with Crippen LogP contribution in [-0.4, -0.2) is 74.9 Å². The first-order valence-corrected chi connectivity index (χ1v) is 16.0. The van der Waals surface area contributed by atoms with Crippen LogP contribution in [0.2, 0.25) is 0 Å². The summed E-state index contributed by atoms with van der Waals surface area (Å²) < 4.78 is 39.3. The summed E-state index contributed by atoms with van der Waals surface area (Å²) >= 11 is 0. The van der Waals surface area contributed by atoms with E-state index in [4.69, 9.17) is 14.6 Å². The number of nitrogens with one attached hydrogen (secondary N) is 1. The maximum absolute atomic E-state index is 13.7. The van der Waals surface area contributed by atoms with E-state index in [0.717, 1.165) is 29.6 Å². The lowest BCUT2D eigenvalue weighted by Gasteiger charge is -2.31. The molecule has 236 valence electrons. The molecule has 10 heteroatoms. The molecule has 0 saturated heterocycles. The predicted octanol–water partition coefficient (Wildman–Crippen LogP) is 4.62. The molecule has 3 N–H and O–H groups in total. The molecule has 0 heterocycles. The fourth-order valence-corrected chi connectivity index (χ4v) is 7.26. The van der Waals surface area contributed by atoms with Crippen molar-refractivity contribution >= 4 is 22.1 Å². The third kappa shape index (κ3) is 8.06. The van der Waals surface area contributed by atoms with Gasteiger partial charge in [-0.25, -0.2) is 13.2 Å². The van der Waals surface area contributed by atoms with Crippen LogP contribution in [0.3, 0.4) is 0 Å². The average molecular weight is 623 g/mol. The fourth-order valence-electron chi connectivity index (χ4n) is 5.87. The van der Waals surface area contributed by atoms with Gasteiger partial charge in [-0.2, -0.15) is 4.31 Å². The van der Waals surface area contributed by atoms with Crippen molar-refractivity contribution in [1.29, 1.82) is 0 Å². The number of β-amino-alcohol motifs (C(OH)–C–C–N with tert-alkyl or cyclic N) is 1. The van der Waals surface area contributed by atoms with E-state index in [1.165, 1.54) is 44.5 Å². The Morgan fingerprint density at radius 1 is 1.02 bits per heavy atom. The second kappa shape index (κ2) is 13.9. The highest BCUT2D eigenvalue weighted by molar-refractivity contribution is 7.89. The smallest absolute Gasteiger partial charge is 0.328 e. The average Bonchev–Trinajstić information content (AvgIpc) is 3.40. The molecule has 44 heavy (non-hydrogen) atoms. The summed E-state index contributed by atoms with van der Waals surface area (Å²) in [5.74, 6) is 0.0711. The number of likely N-dealkylation sites (N-methyl/N-ethyl adjacent to an activating group) is 1. The minimum absolute atomic E-state index is 0.0419. The SMILES string of the molecule is COc1ccc(-c2ccc(OC)c(S(=O)(=O)N(C)CC(O)CNC(C)(C)CC3Cc4ccccc4C3)c2)cc1C=CC(=O)O. The number of aliphatic hydroxyl groups excluding tert-OH is 1. The fraction of sp³-hybridized carbons (Fsp3) is 0.382. The number of fused-ring (bicyclic) bond motifs is 1. The Labute approximate surface area is 260 Å². The zero-order valence-electron chi connectivity index (χ0n) is 25.9. The molecular weight excluding hydrogens is 580 g/mol. The third-order valence-electron chi connectivity index (χ3n) is 8.04. The van der Waals surface area contributed by atoms with Gasteiger partial charge in [0.15, 0.2) is 0 Å². The van der Waals surface area contributed by atoms with Gasteiger partial charge in [0, 0.05) is 37.3 Å². The first-order chi connectivity index (χ1) is 20.8. The Kier molecular flexibility index (Phi) is 10.5. The van der Waals surface area contributed by atoms with Crippen LogP contribution >= 0.6 is 0 Å². The van der Waals surface area contributed by atoms with Gasteiger partial charge in [-0.15, -0.1) is 0 Å². The normalized spacial score (nSPS) is 14.6. The van der Waals surface area contributed by atoms with Gasteiger partial charge in [0.2, 0.25) is 10.0 Å². The van der Waals surface area contributed by atoms with E-state index in [9.17, 15) is 18.3 Å². The molecule has 3 aromatic carbocycles. The van der Waals surface area contributed by atoms with Crippen molar-refractivity contribution in [3.05, 3.63) is 83.4 Å². The molecule has 3 aromatic rings. The van der Waals surface area contributed by atoms with E-state index in [1.807, 2.05) is 0 Å². The van der Waals surface area contributed by atoms with Gasteiger partial charge < -0.3 is 25.0 Å². The largest absolute Gasteiger partial charge is 0.496 e. The van der Waals surface area contributed by atoms with E-state index in [-0.39, 0.29) is 29.3 Å². The maximum atomic E-state index is 13.7. The van der Waals surface area contributed by atoms with Crippen molar-refractivity contribution < 1.29 is 32.9 Å². The monoisotopic (exact) mass is 622 g/mol. The topological polar surface area (TPSA) is 125 Å². The van der Waals surface area contributed by atoms with Crippen LogP contribution in [0, 0.1) is 5.92 Å². The van der Waals surface area contributed by atoms with Crippen molar-refractivity contribution in [3.63, 3.8) is 0 Å². The van der Waals surface area contributed by atoms with Gasteiger partial charge in [0.05, 0.1) is 20.3 Å². The summed E-state index contributed by atoms with van der Waals surface area (Å²) in [5, 5.41) is 23.4. The third-order valence-corrected chi connectivity index (χ3v) is 9.88. The Morgan fingerprint density at radius 3 is 2.20 bits per heavy atom. The van der Waals surface area contributed by atoms with Crippen molar-refractivity contribution in [2.45, 2.75) is 49.6 Å². The Morgan fingerprint density at radius 2 is 1.61 bits per heavy atom. The van der Waals surface area contributed by atoms with Gasteiger partial charge in [0.25, 0.3) is 0 Å². The first-order valence-electron chi connectivity index (χ1n) is 14.6. The van der Waals surface area contributed by atoms with Crippen molar-refractivity contribution in [1.82, 2.24) is 9.62 Å². The molecule has 1 aliphatic carbocycles. The standard InChI is InChI=1S/C34H42N2O7S/c1-34(2,20-23-16-24-8-6-7-9-25(24)17-23)35-21-29(37)22-36(3)44(40,41)32-19-27(11-14-31(32)43-5)26-10-13-30(42-4)28(18-26)12-15-33(38)39/h6-15,18-19,23,29,35,37H,16-17,20-22H2,1-5H3,(H,38,39). The van der Waals surface area contributed by atoms with Crippen LogP contribution in [0.25, 0.3) is 17.2 Å². The molecule has 1 atom stereocenters. The van der Waals surface area contributed by atoms with Gasteiger partial charge in [-0.1, -0.05) is 36.4 Å². The van der Waals surface area contributed by atoms with Crippen LogP contribution in [0.5, 0.6) is 11.5 Å². The molecule has 0 fully saturated rings. The first kappa shape index (κ1) is 33.2. The molecule has 0 aliphatic heterocycles. The summed E-state index contributed by atoms with van der Waals surface area (Å²) in [6.45, 7) is 4.35. The van der Waals surface area contributed by atoms with Crippen LogP contribution < -0.4 is 14.8 Å². The van der Waals surface area contributed by atoms with Crippen molar-refractivity contribution in [2.24, 2.45) is 5.92 Å². The number of hydrogen-bond acceptors (Lipinski definition) is 7. The second-order valence-electron chi connectivity index (χ2n) is 11.9. The van der Waals surface area contributed by atoms with Crippen molar-refractivity contribution in [3.8, 4) is 22.6 Å². The quantitative estimate of drug-likeness (QED) is 0.223. The number of methoxy groups -OCH3 is 2.